The zero-order valence-electron chi connectivity index (χ0n) is 15.7. The molecule has 0 unspecified atom stereocenters. The van der Waals surface area contributed by atoms with Gasteiger partial charge in [0, 0.05) is 38.9 Å². The molecular weight excluding hydrogens is 415 g/mol. The molecule has 1 aromatic heterocycles. The minimum absolute atomic E-state index is 0.0821. The Kier molecular flexibility index (Phi) is 5.13. The summed E-state index contributed by atoms with van der Waals surface area (Å²) in [4.78, 5) is 17.5. The van der Waals surface area contributed by atoms with E-state index in [2.05, 4.69) is 9.30 Å². The van der Waals surface area contributed by atoms with E-state index in [4.69, 9.17) is 0 Å². The van der Waals surface area contributed by atoms with Crippen molar-refractivity contribution in [2.24, 2.45) is 4.40 Å². The van der Waals surface area contributed by atoms with Gasteiger partial charge in [0.15, 0.2) is 0 Å². The number of rotatable bonds is 3. The number of carbonyl (C=O) groups is 1. The van der Waals surface area contributed by atoms with Gasteiger partial charge in [-0.3, -0.25) is 4.79 Å². The molecule has 0 atom stereocenters. The molecule has 10 heteroatoms. The molecule has 1 fully saturated rings. The third kappa shape index (κ3) is 3.90. The van der Waals surface area contributed by atoms with E-state index in [9.17, 15) is 17.6 Å². The second-order valence-electron chi connectivity index (χ2n) is 6.68. The van der Waals surface area contributed by atoms with Crippen LogP contribution in [0.4, 0.5) is 10.1 Å². The summed E-state index contributed by atoms with van der Waals surface area (Å²) in [5.74, 6) is -0.641. The van der Waals surface area contributed by atoms with Gasteiger partial charge in [-0.25, -0.2) is 8.70 Å². The Morgan fingerprint density at radius 3 is 2.41 bits per heavy atom. The van der Waals surface area contributed by atoms with E-state index in [1.54, 1.807) is 29.2 Å². The number of halogens is 1. The van der Waals surface area contributed by atoms with E-state index in [1.807, 2.05) is 5.38 Å². The molecule has 0 aliphatic carbocycles. The molecule has 7 nitrogen and oxygen atoms in total. The molecule has 3 heterocycles. The number of hydrogen-bond acceptors (Lipinski definition) is 5. The Labute approximate surface area is 172 Å². The molecule has 0 saturated carbocycles. The predicted octanol–water partition coefficient (Wildman–Crippen LogP) is 2.10. The molecule has 4 rings (SSSR count). The van der Waals surface area contributed by atoms with Gasteiger partial charge in [-0.15, -0.1) is 15.7 Å². The highest BCUT2D eigenvalue weighted by atomic mass is 32.2. The van der Waals surface area contributed by atoms with Crippen molar-refractivity contribution in [1.29, 1.82) is 0 Å². The first kappa shape index (κ1) is 19.6. The summed E-state index contributed by atoms with van der Waals surface area (Å²) in [6.07, 6.45) is 1.53. The van der Waals surface area contributed by atoms with Crippen LogP contribution < -0.4 is 4.90 Å². The van der Waals surface area contributed by atoms with Gasteiger partial charge in [-0.05, 0) is 41.8 Å². The van der Waals surface area contributed by atoms with E-state index in [-0.39, 0.29) is 23.1 Å². The Morgan fingerprint density at radius 1 is 1.10 bits per heavy atom. The third-order valence-corrected chi connectivity index (χ3v) is 7.13. The topological polar surface area (TPSA) is 73.3 Å². The Bertz CT molecular complexity index is 1070. The number of allylic oxidation sites excluding steroid dienone is 1. The molecule has 152 valence electrons. The molecule has 1 aromatic carbocycles. The molecule has 0 radical (unpaired) electrons. The summed E-state index contributed by atoms with van der Waals surface area (Å²) in [6.45, 7) is 2.03. The number of piperazine rings is 1. The van der Waals surface area contributed by atoms with E-state index < -0.39 is 10.2 Å². The summed E-state index contributed by atoms with van der Waals surface area (Å²) in [5.41, 5.74) is 1.24. The smallest absolute Gasteiger partial charge is 0.345 e. The van der Waals surface area contributed by atoms with Gasteiger partial charge in [0.25, 0.3) is 5.91 Å². The fraction of sp³-hybridized carbons (Fsp3) is 0.263. The monoisotopic (exact) mass is 434 g/mol. The predicted molar refractivity (Wildman–Crippen MR) is 111 cm³/mol. The molecule has 0 spiro atoms. The zero-order chi connectivity index (χ0) is 20.6. The summed E-state index contributed by atoms with van der Waals surface area (Å²) in [5, 5.41) is 1.83. The van der Waals surface area contributed by atoms with Crippen LogP contribution in [-0.2, 0) is 15.0 Å². The maximum Gasteiger partial charge on any atom is 0.345 e. The van der Waals surface area contributed by atoms with Crippen molar-refractivity contribution in [1.82, 2.24) is 9.21 Å². The average Bonchev–Trinajstić information content (AvgIpc) is 3.25. The standard InChI is InChI=1S/C19H19FN4O3S2/c1-22-17(13-16(21-29(22,26)27)18-3-2-12-28-18)19(25)24-10-8-23(9-11-24)15-6-4-14(20)5-7-15/h2-7,12-13H,8-11H2,1H3. The Balaban J connectivity index is 1.52. The number of nitrogens with zero attached hydrogens (tertiary/aromatic N) is 4. The molecule has 2 aliphatic heterocycles. The van der Waals surface area contributed by atoms with Gasteiger partial charge in [-0.2, -0.15) is 8.42 Å². The number of benzene rings is 1. The van der Waals surface area contributed by atoms with Crippen LogP contribution in [-0.4, -0.2) is 62.5 Å². The first-order valence-corrected chi connectivity index (χ1v) is 11.3. The zero-order valence-corrected chi connectivity index (χ0v) is 17.3. The highest BCUT2D eigenvalue weighted by Gasteiger charge is 2.33. The van der Waals surface area contributed by atoms with Crippen molar-refractivity contribution in [2.75, 3.05) is 38.1 Å². The number of likely N-dealkylation sites (N-methyl/N-ethyl adjacent to an activating group) is 1. The summed E-state index contributed by atoms with van der Waals surface area (Å²) in [7, 11) is -2.63. The second-order valence-corrected chi connectivity index (χ2v) is 9.26. The molecule has 0 N–H and O–H groups in total. The molecule has 1 amide bonds. The number of thiophene rings is 1. The van der Waals surface area contributed by atoms with Crippen LogP contribution in [0.2, 0.25) is 0 Å². The lowest BCUT2D eigenvalue weighted by atomic mass is 10.2. The third-order valence-electron chi connectivity index (χ3n) is 4.92. The summed E-state index contributed by atoms with van der Waals surface area (Å²) in [6, 6.07) is 9.80. The molecular formula is C19H19FN4O3S2. The minimum Gasteiger partial charge on any atom is -0.368 e. The van der Waals surface area contributed by atoms with E-state index in [0.717, 1.165) is 9.99 Å². The van der Waals surface area contributed by atoms with Crippen LogP contribution >= 0.6 is 11.3 Å². The second kappa shape index (κ2) is 7.60. The van der Waals surface area contributed by atoms with E-state index in [1.165, 1.54) is 36.6 Å². The molecule has 0 bridgehead atoms. The van der Waals surface area contributed by atoms with E-state index in [0.29, 0.717) is 31.1 Å². The fourth-order valence-electron chi connectivity index (χ4n) is 3.28. The average molecular weight is 435 g/mol. The van der Waals surface area contributed by atoms with Gasteiger partial charge in [0.2, 0.25) is 0 Å². The maximum absolute atomic E-state index is 13.1. The van der Waals surface area contributed by atoms with Crippen LogP contribution in [0.3, 0.4) is 0 Å². The molecule has 29 heavy (non-hydrogen) atoms. The van der Waals surface area contributed by atoms with Crippen LogP contribution in [0.25, 0.3) is 0 Å². The van der Waals surface area contributed by atoms with Gasteiger partial charge < -0.3 is 9.80 Å². The van der Waals surface area contributed by atoms with Crippen molar-refractivity contribution in [3.8, 4) is 0 Å². The van der Waals surface area contributed by atoms with Gasteiger partial charge >= 0.3 is 10.2 Å². The number of amides is 1. The lowest BCUT2D eigenvalue weighted by molar-refractivity contribution is -0.128. The first-order valence-electron chi connectivity index (χ1n) is 8.99. The van der Waals surface area contributed by atoms with Crippen LogP contribution in [0, 0.1) is 5.82 Å². The lowest BCUT2D eigenvalue weighted by Gasteiger charge is -2.37. The molecule has 1 saturated heterocycles. The largest absolute Gasteiger partial charge is 0.368 e. The van der Waals surface area contributed by atoms with Crippen molar-refractivity contribution in [3.05, 3.63) is 64.2 Å². The van der Waals surface area contributed by atoms with Crippen molar-refractivity contribution in [3.63, 3.8) is 0 Å². The quantitative estimate of drug-likeness (QED) is 0.742. The van der Waals surface area contributed by atoms with Crippen molar-refractivity contribution < 1.29 is 17.6 Å². The van der Waals surface area contributed by atoms with E-state index >= 15 is 0 Å². The molecule has 2 aliphatic rings. The lowest BCUT2D eigenvalue weighted by Crippen LogP contribution is -2.51. The van der Waals surface area contributed by atoms with Crippen molar-refractivity contribution in [2.45, 2.75) is 0 Å². The maximum atomic E-state index is 13.1. The molecule has 2 aromatic rings. The fourth-order valence-corrected chi connectivity index (χ4v) is 4.92. The van der Waals surface area contributed by atoms with Crippen LogP contribution in [0.5, 0.6) is 0 Å². The Hall–Kier alpha value is -2.72. The number of hydrogen-bond donors (Lipinski definition) is 0. The first-order chi connectivity index (χ1) is 13.8. The SMILES string of the molecule is CN1C(C(=O)N2CCN(c3ccc(F)cc3)CC2)=CC(c2cccs2)=NS1(=O)=O. The van der Waals surface area contributed by atoms with Crippen LogP contribution in [0.1, 0.15) is 4.88 Å². The van der Waals surface area contributed by atoms with Crippen LogP contribution in [0.15, 0.2) is 57.9 Å². The van der Waals surface area contributed by atoms with Crippen molar-refractivity contribution >= 4 is 38.9 Å². The summed E-state index contributed by atoms with van der Waals surface area (Å²) >= 11 is 1.36. The van der Waals surface area contributed by atoms with Gasteiger partial charge in [0.05, 0.1) is 10.6 Å². The minimum atomic E-state index is -3.96. The highest BCUT2D eigenvalue weighted by molar-refractivity contribution is 7.88. The normalized spacial score (nSPS) is 19.0. The summed E-state index contributed by atoms with van der Waals surface area (Å²) < 4.78 is 42.7. The van der Waals surface area contributed by atoms with Gasteiger partial charge in [0.1, 0.15) is 11.5 Å². The number of carbonyl (C=O) groups excluding carboxylic acids is 1. The van der Waals surface area contributed by atoms with Gasteiger partial charge in [-0.1, -0.05) is 6.07 Å². The Morgan fingerprint density at radius 2 is 1.79 bits per heavy atom. The highest BCUT2D eigenvalue weighted by Crippen LogP contribution is 2.24. The number of anilines is 1.